The minimum Gasteiger partial charge on any atom is -0.321 e. The number of aryl methyl sites for hydroxylation is 2. The van der Waals surface area contributed by atoms with E-state index in [1.165, 1.54) is 5.56 Å². The molecule has 1 rings (SSSR count). The number of nitrogens with two attached hydrogens (primary N) is 1. The molecule has 1 aromatic rings. The van der Waals surface area contributed by atoms with Crippen LogP contribution in [-0.2, 0) is 0 Å². The molecule has 2 heteroatoms. The van der Waals surface area contributed by atoms with Crippen molar-refractivity contribution in [2.45, 2.75) is 26.8 Å². The molecule has 0 aliphatic rings. The van der Waals surface area contributed by atoms with Crippen LogP contribution in [0.2, 0.25) is 0 Å². The van der Waals surface area contributed by atoms with Crippen molar-refractivity contribution < 1.29 is 4.79 Å². The third kappa shape index (κ3) is 2.16. The second kappa shape index (κ2) is 3.71. The number of ketones is 1. The van der Waals surface area contributed by atoms with E-state index in [1.54, 1.807) is 6.92 Å². The van der Waals surface area contributed by atoms with E-state index in [-0.39, 0.29) is 5.78 Å². The van der Waals surface area contributed by atoms with E-state index in [0.717, 1.165) is 5.56 Å². The highest BCUT2D eigenvalue weighted by Crippen LogP contribution is 2.10. The lowest BCUT2D eigenvalue weighted by molar-refractivity contribution is 0.0968. The third-order valence-corrected chi connectivity index (χ3v) is 2.20. The van der Waals surface area contributed by atoms with Crippen molar-refractivity contribution in [1.82, 2.24) is 0 Å². The van der Waals surface area contributed by atoms with Crippen LogP contribution in [0, 0.1) is 13.8 Å². The summed E-state index contributed by atoms with van der Waals surface area (Å²) in [5.74, 6) is 0.00287. The zero-order valence-corrected chi connectivity index (χ0v) is 8.29. The number of carbonyl (C=O) groups is 1. The van der Waals surface area contributed by atoms with Crippen molar-refractivity contribution >= 4 is 5.78 Å². The molecule has 1 aromatic carbocycles. The van der Waals surface area contributed by atoms with E-state index < -0.39 is 6.04 Å². The van der Waals surface area contributed by atoms with Crippen LogP contribution in [0.4, 0.5) is 0 Å². The maximum atomic E-state index is 11.5. The predicted octanol–water partition coefficient (Wildman–Crippen LogP) is 1.83. The average Bonchev–Trinajstić information content (AvgIpc) is 2.08. The van der Waals surface area contributed by atoms with Crippen LogP contribution in [0.3, 0.4) is 0 Å². The summed E-state index contributed by atoms with van der Waals surface area (Å²) in [6, 6.07) is 5.25. The molecule has 2 N–H and O–H groups in total. The molecule has 0 saturated heterocycles. The molecule has 0 aliphatic carbocycles. The summed E-state index contributed by atoms with van der Waals surface area (Å²) < 4.78 is 0. The van der Waals surface area contributed by atoms with Gasteiger partial charge in [-0.1, -0.05) is 12.1 Å². The summed E-state index contributed by atoms with van der Waals surface area (Å²) in [4.78, 5) is 11.5. The van der Waals surface area contributed by atoms with Gasteiger partial charge in [-0.25, -0.2) is 0 Å². The molecule has 2 nitrogen and oxygen atoms in total. The quantitative estimate of drug-likeness (QED) is 0.700. The first-order valence-electron chi connectivity index (χ1n) is 4.39. The molecule has 0 saturated carbocycles. The lowest BCUT2D eigenvalue weighted by Gasteiger charge is -2.06. The number of rotatable bonds is 2. The Hall–Kier alpha value is -1.15. The highest BCUT2D eigenvalue weighted by molar-refractivity contribution is 5.99. The van der Waals surface area contributed by atoms with E-state index in [2.05, 4.69) is 0 Å². The Balaban J connectivity index is 3.04. The zero-order valence-electron chi connectivity index (χ0n) is 8.29. The summed E-state index contributed by atoms with van der Waals surface area (Å²) in [7, 11) is 0. The van der Waals surface area contributed by atoms with Crippen LogP contribution in [0.5, 0.6) is 0 Å². The minimum absolute atomic E-state index is 0.00287. The van der Waals surface area contributed by atoms with Crippen molar-refractivity contribution in [1.29, 1.82) is 0 Å². The zero-order chi connectivity index (χ0) is 10.0. The minimum atomic E-state index is -0.415. The molecule has 0 bridgehead atoms. The SMILES string of the molecule is Cc1ccc(C(=O)[C@@H](C)N)cc1C. The van der Waals surface area contributed by atoms with E-state index in [4.69, 9.17) is 5.73 Å². The molecule has 0 aliphatic heterocycles. The van der Waals surface area contributed by atoms with Crippen LogP contribution < -0.4 is 5.73 Å². The van der Waals surface area contributed by atoms with Gasteiger partial charge in [0, 0.05) is 5.56 Å². The van der Waals surface area contributed by atoms with Crippen molar-refractivity contribution in [2.75, 3.05) is 0 Å². The summed E-state index contributed by atoms with van der Waals surface area (Å²) in [6.45, 7) is 5.72. The maximum Gasteiger partial charge on any atom is 0.179 e. The van der Waals surface area contributed by atoms with Gasteiger partial charge < -0.3 is 5.73 Å². The predicted molar refractivity (Wildman–Crippen MR) is 53.9 cm³/mol. The van der Waals surface area contributed by atoms with Gasteiger partial charge in [0.1, 0.15) is 0 Å². The van der Waals surface area contributed by atoms with Crippen molar-refractivity contribution in [3.8, 4) is 0 Å². The van der Waals surface area contributed by atoms with Crippen LogP contribution in [0.1, 0.15) is 28.4 Å². The largest absolute Gasteiger partial charge is 0.321 e. The second-order valence-corrected chi connectivity index (χ2v) is 3.45. The topological polar surface area (TPSA) is 43.1 Å². The Labute approximate surface area is 78.8 Å². The fraction of sp³-hybridized carbons (Fsp3) is 0.364. The van der Waals surface area contributed by atoms with Crippen molar-refractivity contribution in [2.24, 2.45) is 5.73 Å². The van der Waals surface area contributed by atoms with Gasteiger partial charge in [-0.3, -0.25) is 4.79 Å². The van der Waals surface area contributed by atoms with Gasteiger partial charge in [0.25, 0.3) is 0 Å². The van der Waals surface area contributed by atoms with Gasteiger partial charge in [0.2, 0.25) is 0 Å². The Morgan fingerprint density at radius 3 is 2.38 bits per heavy atom. The molecule has 0 fully saturated rings. The second-order valence-electron chi connectivity index (χ2n) is 3.45. The van der Waals surface area contributed by atoms with Crippen LogP contribution in [0.25, 0.3) is 0 Å². The number of hydrogen-bond donors (Lipinski definition) is 1. The van der Waals surface area contributed by atoms with E-state index >= 15 is 0 Å². The molecule has 0 aromatic heterocycles. The van der Waals surface area contributed by atoms with Crippen molar-refractivity contribution in [3.63, 3.8) is 0 Å². The van der Waals surface area contributed by atoms with Gasteiger partial charge in [-0.2, -0.15) is 0 Å². The molecule has 0 spiro atoms. The lowest BCUT2D eigenvalue weighted by Crippen LogP contribution is -2.26. The smallest absolute Gasteiger partial charge is 0.179 e. The van der Waals surface area contributed by atoms with Gasteiger partial charge >= 0.3 is 0 Å². The summed E-state index contributed by atoms with van der Waals surface area (Å²) in [5.41, 5.74) is 8.54. The maximum absolute atomic E-state index is 11.5. The van der Waals surface area contributed by atoms with Gasteiger partial charge in [0.15, 0.2) is 5.78 Å². The average molecular weight is 177 g/mol. The molecular weight excluding hydrogens is 162 g/mol. The van der Waals surface area contributed by atoms with E-state index in [1.807, 2.05) is 32.0 Å². The Bertz CT molecular complexity index is 329. The number of benzene rings is 1. The Kier molecular flexibility index (Phi) is 2.83. The van der Waals surface area contributed by atoms with E-state index in [9.17, 15) is 4.79 Å². The molecule has 0 unspecified atom stereocenters. The summed E-state index contributed by atoms with van der Waals surface area (Å²) in [5, 5.41) is 0. The Morgan fingerprint density at radius 1 is 1.31 bits per heavy atom. The molecule has 1 atom stereocenters. The number of carbonyl (C=O) groups excluding carboxylic acids is 1. The summed E-state index contributed by atoms with van der Waals surface area (Å²) in [6.07, 6.45) is 0. The molecular formula is C11H15NO. The normalized spacial score (nSPS) is 12.6. The standard InChI is InChI=1S/C11H15NO/c1-7-4-5-10(6-8(7)2)11(13)9(3)12/h4-6,9H,12H2,1-3H3/t9-/m1/s1. The number of hydrogen-bond acceptors (Lipinski definition) is 2. The van der Waals surface area contributed by atoms with Gasteiger partial charge in [-0.05, 0) is 38.0 Å². The molecule has 13 heavy (non-hydrogen) atoms. The first kappa shape index (κ1) is 9.93. The third-order valence-electron chi connectivity index (χ3n) is 2.20. The van der Waals surface area contributed by atoms with Crippen molar-refractivity contribution in [3.05, 3.63) is 34.9 Å². The van der Waals surface area contributed by atoms with Crippen LogP contribution >= 0.6 is 0 Å². The Morgan fingerprint density at radius 2 is 1.92 bits per heavy atom. The molecule has 0 heterocycles. The fourth-order valence-corrected chi connectivity index (χ4v) is 1.16. The van der Waals surface area contributed by atoms with Crippen LogP contribution in [0.15, 0.2) is 18.2 Å². The summed E-state index contributed by atoms with van der Waals surface area (Å²) >= 11 is 0. The number of Topliss-reactive ketones (excluding diaryl/α,β-unsaturated/α-hetero) is 1. The van der Waals surface area contributed by atoms with Crippen LogP contribution in [-0.4, -0.2) is 11.8 Å². The molecule has 0 radical (unpaired) electrons. The molecule has 0 amide bonds. The monoisotopic (exact) mass is 177 g/mol. The van der Waals surface area contributed by atoms with Gasteiger partial charge in [-0.15, -0.1) is 0 Å². The van der Waals surface area contributed by atoms with E-state index in [0.29, 0.717) is 5.56 Å². The first-order valence-corrected chi connectivity index (χ1v) is 4.39. The lowest BCUT2D eigenvalue weighted by atomic mass is 10.0. The fourth-order valence-electron chi connectivity index (χ4n) is 1.16. The molecule has 70 valence electrons. The first-order chi connectivity index (χ1) is 6.02. The highest BCUT2D eigenvalue weighted by Gasteiger charge is 2.10. The van der Waals surface area contributed by atoms with Gasteiger partial charge in [0.05, 0.1) is 6.04 Å². The highest BCUT2D eigenvalue weighted by atomic mass is 16.1.